The first-order chi connectivity index (χ1) is 8.78. The van der Waals surface area contributed by atoms with Crippen molar-refractivity contribution in [2.75, 3.05) is 6.61 Å². The molecule has 0 saturated heterocycles. The van der Waals surface area contributed by atoms with Crippen molar-refractivity contribution in [3.05, 3.63) is 35.5 Å². The molecule has 3 aromatic rings. The first kappa shape index (κ1) is 11.3. The topological polar surface area (TPSA) is 77.6 Å². The zero-order valence-electron chi connectivity index (χ0n) is 9.44. The van der Waals surface area contributed by atoms with Gasteiger partial charge in [0.25, 0.3) is 0 Å². The van der Waals surface area contributed by atoms with Crippen molar-refractivity contribution in [1.82, 2.24) is 19.9 Å². The van der Waals surface area contributed by atoms with E-state index in [-0.39, 0.29) is 6.61 Å². The lowest BCUT2D eigenvalue weighted by Crippen LogP contribution is -1.92. The van der Waals surface area contributed by atoms with Gasteiger partial charge in [0.15, 0.2) is 0 Å². The molecule has 0 saturated carbocycles. The van der Waals surface area contributed by atoms with Gasteiger partial charge in [-0.05, 0) is 12.1 Å². The SMILES string of the molecule is OCCc1nc(-c2ccc3nc[nH]c3c2)c(Cl)[nH]1. The minimum Gasteiger partial charge on any atom is -0.396 e. The number of aromatic nitrogens is 4. The maximum absolute atomic E-state index is 8.89. The molecule has 92 valence electrons. The molecule has 0 radical (unpaired) electrons. The first-order valence-corrected chi connectivity index (χ1v) is 5.94. The van der Waals surface area contributed by atoms with Crippen LogP contribution in [0.2, 0.25) is 5.15 Å². The Hall–Kier alpha value is -1.85. The van der Waals surface area contributed by atoms with Gasteiger partial charge >= 0.3 is 0 Å². The van der Waals surface area contributed by atoms with Crippen LogP contribution in [0.4, 0.5) is 0 Å². The summed E-state index contributed by atoms with van der Waals surface area (Å²) in [6, 6.07) is 5.79. The van der Waals surface area contributed by atoms with Gasteiger partial charge in [-0.2, -0.15) is 0 Å². The number of imidazole rings is 2. The highest BCUT2D eigenvalue weighted by Crippen LogP contribution is 2.27. The molecule has 0 fully saturated rings. The van der Waals surface area contributed by atoms with Crippen molar-refractivity contribution < 1.29 is 5.11 Å². The fraction of sp³-hybridized carbons (Fsp3) is 0.167. The maximum atomic E-state index is 8.89. The van der Waals surface area contributed by atoms with Crippen LogP contribution >= 0.6 is 11.6 Å². The minimum absolute atomic E-state index is 0.0445. The Bertz CT molecular complexity index is 688. The predicted molar refractivity (Wildman–Crippen MR) is 69.5 cm³/mol. The summed E-state index contributed by atoms with van der Waals surface area (Å²) >= 11 is 6.11. The van der Waals surface area contributed by atoms with E-state index in [0.29, 0.717) is 23.1 Å². The van der Waals surface area contributed by atoms with Crippen LogP contribution in [0.25, 0.3) is 22.3 Å². The van der Waals surface area contributed by atoms with Crippen molar-refractivity contribution in [2.45, 2.75) is 6.42 Å². The number of nitrogens with one attached hydrogen (secondary N) is 2. The first-order valence-electron chi connectivity index (χ1n) is 5.56. The smallest absolute Gasteiger partial charge is 0.134 e. The molecule has 0 atom stereocenters. The van der Waals surface area contributed by atoms with E-state index in [2.05, 4.69) is 19.9 Å². The van der Waals surface area contributed by atoms with Crippen LogP contribution < -0.4 is 0 Å². The number of aliphatic hydroxyl groups excluding tert-OH is 1. The van der Waals surface area contributed by atoms with E-state index >= 15 is 0 Å². The molecule has 1 aromatic carbocycles. The van der Waals surface area contributed by atoms with Crippen molar-refractivity contribution in [3.63, 3.8) is 0 Å². The van der Waals surface area contributed by atoms with Gasteiger partial charge in [-0.25, -0.2) is 9.97 Å². The lowest BCUT2D eigenvalue weighted by molar-refractivity contribution is 0.297. The Balaban J connectivity index is 2.07. The molecule has 2 aromatic heterocycles. The van der Waals surface area contributed by atoms with E-state index in [4.69, 9.17) is 16.7 Å². The standard InChI is InChI=1S/C12H11ClN4O/c13-12-11(16-10(17-12)3-4-18)7-1-2-8-9(5-7)15-6-14-8/h1-2,5-6,18H,3-4H2,(H,14,15)(H,16,17). The summed E-state index contributed by atoms with van der Waals surface area (Å²) in [6.45, 7) is 0.0445. The van der Waals surface area contributed by atoms with Gasteiger partial charge in [-0.15, -0.1) is 0 Å². The van der Waals surface area contributed by atoms with Crippen LogP contribution in [0.1, 0.15) is 5.82 Å². The van der Waals surface area contributed by atoms with Crippen LogP contribution in [0, 0.1) is 0 Å². The molecule has 18 heavy (non-hydrogen) atoms. The Labute approximate surface area is 108 Å². The van der Waals surface area contributed by atoms with Crippen LogP contribution in [-0.4, -0.2) is 31.6 Å². The third kappa shape index (κ3) is 1.87. The highest BCUT2D eigenvalue weighted by Gasteiger charge is 2.11. The summed E-state index contributed by atoms with van der Waals surface area (Å²) in [6.07, 6.45) is 2.11. The molecule has 2 heterocycles. The molecular formula is C12H11ClN4O. The third-order valence-electron chi connectivity index (χ3n) is 2.75. The van der Waals surface area contributed by atoms with Gasteiger partial charge in [-0.1, -0.05) is 17.7 Å². The van der Waals surface area contributed by atoms with E-state index in [0.717, 1.165) is 16.6 Å². The molecule has 0 spiro atoms. The average Bonchev–Trinajstić information content (AvgIpc) is 2.95. The van der Waals surface area contributed by atoms with Crippen LogP contribution in [0.5, 0.6) is 0 Å². The van der Waals surface area contributed by atoms with E-state index < -0.39 is 0 Å². The molecule has 3 rings (SSSR count). The number of benzene rings is 1. The van der Waals surface area contributed by atoms with E-state index in [1.807, 2.05) is 18.2 Å². The average molecular weight is 263 g/mol. The Morgan fingerprint density at radius 3 is 3.06 bits per heavy atom. The van der Waals surface area contributed by atoms with Gasteiger partial charge in [0, 0.05) is 12.0 Å². The van der Waals surface area contributed by atoms with E-state index in [9.17, 15) is 0 Å². The van der Waals surface area contributed by atoms with Crippen LogP contribution in [-0.2, 0) is 6.42 Å². The fourth-order valence-electron chi connectivity index (χ4n) is 1.90. The van der Waals surface area contributed by atoms with Gasteiger partial charge in [0.1, 0.15) is 16.7 Å². The monoisotopic (exact) mass is 262 g/mol. The number of H-pyrrole nitrogens is 2. The summed E-state index contributed by atoms with van der Waals surface area (Å²) in [5, 5.41) is 9.37. The normalized spacial score (nSPS) is 11.2. The Morgan fingerprint density at radius 1 is 1.33 bits per heavy atom. The number of fused-ring (bicyclic) bond motifs is 1. The van der Waals surface area contributed by atoms with E-state index in [1.54, 1.807) is 6.33 Å². The molecular weight excluding hydrogens is 252 g/mol. The highest BCUT2D eigenvalue weighted by molar-refractivity contribution is 6.32. The number of halogens is 1. The highest BCUT2D eigenvalue weighted by atomic mass is 35.5. The zero-order valence-corrected chi connectivity index (χ0v) is 10.2. The maximum Gasteiger partial charge on any atom is 0.134 e. The fourth-order valence-corrected chi connectivity index (χ4v) is 2.16. The van der Waals surface area contributed by atoms with Gasteiger partial charge in [0.05, 0.1) is 24.0 Å². The Morgan fingerprint density at radius 2 is 2.22 bits per heavy atom. The van der Waals surface area contributed by atoms with Crippen molar-refractivity contribution >= 4 is 22.6 Å². The van der Waals surface area contributed by atoms with Crippen molar-refractivity contribution in [2.24, 2.45) is 0 Å². The molecule has 0 bridgehead atoms. The summed E-state index contributed by atoms with van der Waals surface area (Å²) in [5.41, 5.74) is 3.45. The zero-order chi connectivity index (χ0) is 12.5. The second kappa shape index (κ2) is 4.44. The van der Waals surface area contributed by atoms with Crippen LogP contribution in [0.3, 0.4) is 0 Å². The number of nitrogens with zero attached hydrogens (tertiary/aromatic N) is 2. The van der Waals surface area contributed by atoms with Crippen molar-refractivity contribution in [1.29, 1.82) is 0 Å². The summed E-state index contributed by atoms with van der Waals surface area (Å²) in [7, 11) is 0. The van der Waals surface area contributed by atoms with Gasteiger partial charge in [-0.3, -0.25) is 0 Å². The summed E-state index contributed by atoms with van der Waals surface area (Å²) < 4.78 is 0. The minimum atomic E-state index is 0.0445. The van der Waals surface area contributed by atoms with E-state index in [1.165, 1.54) is 0 Å². The van der Waals surface area contributed by atoms with Crippen molar-refractivity contribution in [3.8, 4) is 11.3 Å². The molecule has 6 heteroatoms. The number of hydrogen-bond donors (Lipinski definition) is 3. The predicted octanol–water partition coefficient (Wildman–Crippen LogP) is 2.14. The third-order valence-corrected chi connectivity index (χ3v) is 3.02. The molecule has 0 amide bonds. The lowest BCUT2D eigenvalue weighted by atomic mass is 10.1. The second-order valence-corrected chi connectivity index (χ2v) is 4.33. The largest absolute Gasteiger partial charge is 0.396 e. The lowest BCUT2D eigenvalue weighted by Gasteiger charge is -1.97. The number of hydrogen-bond acceptors (Lipinski definition) is 3. The number of aliphatic hydroxyl groups is 1. The van der Waals surface area contributed by atoms with Gasteiger partial charge in [0.2, 0.25) is 0 Å². The molecule has 3 N–H and O–H groups in total. The molecule has 0 aliphatic carbocycles. The summed E-state index contributed by atoms with van der Waals surface area (Å²) in [5.74, 6) is 0.683. The van der Waals surface area contributed by atoms with Crippen LogP contribution in [0.15, 0.2) is 24.5 Å². The molecule has 5 nitrogen and oxygen atoms in total. The molecule has 0 aliphatic rings. The summed E-state index contributed by atoms with van der Waals surface area (Å²) in [4.78, 5) is 14.5. The van der Waals surface area contributed by atoms with Gasteiger partial charge < -0.3 is 15.1 Å². The quantitative estimate of drug-likeness (QED) is 0.677. The second-order valence-electron chi connectivity index (χ2n) is 3.95. The number of aromatic amines is 2. The molecule has 0 aliphatic heterocycles. The Kier molecular flexibility index (Phi) is 2.77. The number of rotatable bonds is 3. The molecule has 0 unspecified atom stereocenters.